The summed E-state index contributed by atoms with van der Waals surface area (Å²) < 4.78 is 0. The maximum atomic E-state index is 12.7. The Hall–Kier alpha value is -3.54. The summed E-state index contributed by atoms with van der Waals surface area (Å²) in [6.07, 6.45) is 5.26. The second-order valence-corrected chi connectivity index (χ2v) is 7.39. The first kappa shape index (κ1) is 17.6. The van der Waals surface area contributed by atoms with Crippen LogP contribution in [0, 0.1) is 5.92 Å². The highest BCUT2D eigenvalue weighted by molar-refractivity contribution is 5.92. The van der Waals surface area contributed by atoms with E-state index in [2.05, 4.69) is 37.3 Å². The molecule has 1 aliphatic rings. The largest absolute Gasteiger partial charge is 0.370 e. The number of nitrogens with zero attached hydrogens (tertiary/aromatic N) is 4. The van der Waals surface area contributed by atoms with Crippen LogP contribution in [0.25, 0.3) is 21.8 Å². The van der Waals surface area contributed by atoms with E-state index in [4.69, 9.17) is 0 Å². The number of hydrogen-bond acceptors (Lipinski definition) is 5. The van der Waals surface area contributed by atoms with Crippen molar-refractivity contribution < 1.29 is 4.79 Å². The molecule has 4 aromatic rings. The quantitative estimate of drug-likeness (QED) is 0.578. The van der Waals surface area contributed by atoms with Gasteiger partial charge in [-0.05, 0) is 31.0 Å². The second kappa shape index (κ2) is 7.47. The number of anilines is 2. The van der Waals surface area contributed by atoms with E-state index in [1.54, 1.807) is 6.20 Å². The minimum Gasteiger partial charge on any atom is -0.370 e. The van der Waals surface area contributed by atoms with E-state index >= 15 is 0 Å². The van der Waals surface area contributed by atoms with E-state index in [1.165, 1.54) is 0 Å². The molecule has 0 aliphatic carbocycles. The van der Waals surface area contributed by atoms with Crippen molar-refractivity contribution >= 4 is 39.3 Å². The zero-order valence-electron chi connectivity index (χ0n) is 16.0. The number of piperidine rings is 1. The van der Waals surface area contributed by atoms with Gasteiger partial charge in [-0.1, -0.05) is 36.4 Å². The molecule has 0 atom stereocenters. The van der Waals surface area contributed by atoms with Crippen LogP contribution in [0.5, 0.6) is 0 Å². The fourth-order valence-corrected chi connectivity index (χ4v) is 3.88. The predicted molar refractivity (Wildman–Crippen MR) is 115 cm³/mol. The minimum absolute atomic E-state index is 0.00318. The van der Waals surface area contributed by atoms with Crippen molar-refractivity contribution in [2.45, 2.75) is 12.8 Å². The van der Waals surface area contributed by atoms with Gasteiger partial charge in [-0.2, -0.15) is 0 Å². The molecule has 1 amide bonds. The number of hydrogen-bond donors (Lipinski definition) is 1. The van der Waals surface area contributed by atoms with Gasteiger partial charge in [0, 0.05) is 36.0 Å². The third kappa shape index (κ3) is 3.61. The monoisotopic (exact) mass is 383 g/mol. The summed E-state index contributed by atoms with van der Waals surface area (Å²) in [6, 6.07) is 18.0. The van der Waals surface area contributed by atoms with Crippen molar-refractivity contribution in [2.24, 2.45) is 5.92 Å². The van der Waals surface area contributed by atoms with Crippen molar-refractivity contribution in [2.75, 3.05) is 23.3 Å². The number of benzene rings is 2. The molecule has 3 heterocycles. The van der Waals surface area contributed by atoms with Gasteiger partial charge in [-0.3, -0.25) is 15.1 Å². The van der Waals surface area contributed by atoms with Crippen molar-refractivity contribution in [1.82, 2.24) is 15.0 Å². The standard InChI is InChI=1S/C23H21N5O/c29-22(27-23-25-14-18-6-2-4-8-21(18)26-23)16-9-11-28(12-10-16)19-13-17-5-1-3-7-20(17)24-15-19/h1-8,13-16H,9-12H2,(H,25,26,27,29). The zero-order chi connectivity index (χ0) is 19.6. The molecule has 144 valence electrons. The van der Waals surface area contributed by atoms with Crippen molar-refractivity contribution in [1.29, 1.82) is 0 Å². The fourth-order valence-electron chi connectivity index (χ4n) is 3.88. The van der Waals surface area contributed by atoms with Gasteiger partial charge >= 0.3 is 0 Å². The molecule has 6 nitrogen and oxygen atoms in total. The van der Waals surface area contributed by atoms with Crippen LogP contribution >= 0.6 is 0 Å². The maximum Gasteiger partial charge on any atom is 0.229 e. The van der Waals surface area contributed by atoms with Gasteiger partial charge in [0.2, 0.25) is 11.9 Å². The number of carbonyl (C=O) groups excluding carboxylic acids is 1. The highest BCUT2D eigenvalue weighted by Gasteiger charge is 2.26. The molecule has 1 fully saturated rings. The normalized spacial score (nSPS) is 15.0. The summed E-state index contributed by atoms with van der Waals surface area (Å²) in [7, 11) is 0. The molecule has 0 spiro atoms. The van der Waals surface area contributed by atoms with Crippen molar-refractivity contribution in [3.8, 4) is 0 Å². The number of pyridine rings is 1. The molecule has 0 saturated carbocycles. The summed E-state index contributed by atoms with van der Waals surface area (Å²) in [6.45, 7) is 1.66. The number of fused-ring (bicyclic) bond motifs is 2. The lowest BCUT2D eigenvalue weighted by Crippen LogP contribution is -2.38. The minimum atomic E-state index is -0.0327. The maximum absolute atomic E-state index is 12.7. The molecule has 1 aliphatic heterocycles. The molecule has 6 heteroatoms. The first-order valence-corrected chi connectivity index (χ1v) is 9.89. The number of rotatable bonds is 3. The Labute approximate surface area is 168 Å². The lowest BCUT2D eigenvalue weighted by Gasteiger charge is -2.32. The predicted octanol–water partition coefficient (Wildman–Crippen LogP) is 4.03. The van der Waals surface area contributed by atoms with Crippen LogP contribution in [0.3, 0.4) is 0 Å². The topological polar surface area (TPSA) is 71.0 Å². The Morgan fingerprint density at radius 3 is 2.45 bits per heavy atom. The van der Waals surface area contributed by atoms with E-state index in [0.717, 1.165) is 53.4 Å². The summed E-state index contributed by atoms with van der Waals surface area (Å²) in [4.78, 5) is 28.3. The molecule has 5 rings (SSSR count). The van der Waals surface area contributed by atoms with E-state index in [-0.39, 0.29) is 11.8 Å². The molecule has 2 aromatic carbocycles. The van der Waals surface area contributed by atoms with Gasteiger partial charge in [0.15, 0.2) is 0 Å². The van der Waals surface area contributed by atoms with Gasteiger partial charge in [0.1, 0.15) is 0 Å². The van der Waals surface area contributed by atoms with Crippen LogP contribution in [-0.4, -0.2) is 33.9 Å². The van der Waals surface area contributed by atoms with Gasteiger partial charge in [-0.25, -0.2) is 9.97 Å². The van der Waals surface area contributed by atoms with E-state index in [9.17, 15) is 4.79 Å². The molecule has 1 N–H and O–H groups in total. The average molecular weight is 383 g/mol. The van der Waals surface area contributed by atoms with E-state index < -0.39 is 0 Å². The lowest BCUT2D eigenvalue weighted by molar-refractivity contribution is -0.120. The van der Waals surface area contributed by atoms with Crippen LogP contribution in [0.1, 0.15) is 12.8 Å². The van der Waals surface area contributed by atoms with Gasteiger partial charge in [-0.15, -0.1) is 0 Å². The Morgan fingerprint density at radius 1 is 0.897 bits per heavy atom. The molecule has 0 radical (unpaired) electrons. The fraction of sp³-hybridized carbons (Fsp3) is 0.217. The zero-order valence-corrected chi connectivity index (χ0v) is 16.0. The third-order valence-electron chi connectivity index (χ3n) is 5.53. The van der Waals surface area contributed by atoms with Crippen molar-refractivity contribution in [3.05, 3.63) is 67.0 Å². The van der Waals surface area contributed by atoms with Crippen LogP contribution in [0.15, 0.2) is 67.0 Å². The Kier molecular flexibility index (Phi) is 4.52. The summed E-state index contributed by atoms with van der Waals surface area (Å²) in [5, 5.41) is 4.99. The van der Waals surface area contributed by atoms with Crippen molar-refractivity contribution in [3.63, 3.8) is 0 Å². The highest BCUT2D eigenvalue weighted by atomic mass is 16.2. The molecular formula is C23H21N5O. The van der Waals surface area contributed by atoms with Crippen LogP contribution < -0.4 is 10.2 Å². The summed E-state index contributed by atoms with van der Waals surface area (Å²) in [5.74, 6) is 0.334. The van der Waals surface area contributed by atoms with Gasteiger partial charge in [0.25, 0.3) is 0 Å². The SMILES string of the molecule is O=C(Nc1ncc2ccccc2n1)C1CCN(c2cnc3ccccc3c2)CC1. The first-order valence-electron chi connectivity index (χ1n) is 9.89. The first-order chi connectivity index (χ1) is 14.3. The molecular weight excluding hydrogens is 362 g/mol. The Balaban J connectivity index is 1.23. The Morgan fingerprint density at radius 2 is 1.62 bits per heavy atom. The summed E-state index contributed by atoms with van der Waals surface area (Å²) in [5.41, 5.74) is 2.94. The van der Waals surface area contributed by atoms with Crippen LogP contribution in [0.4, 0.5) is 11.6 Å². The number of aromatic nitrogens is 3. The molecule has 1 saturated heterocycles. The van der Waals surface area contributed by atoms with Crippen LogP contribution in [-0.2, 0) is 4.79 Å². The lowest BCUT2D eigenvalue weighted by atomic mass is 9.95. The van der Waals surface area contributed by atoms with Gasteiger partial charge in [0.05, 0.1) is 22.9 Å². The third-order valence-corrected chi connectivity index (χ3v) is 5.53. The number of nitrogens with one attached hydrogen (secondary N) is 1. The Bertz CT molecular complexity index is 1180. The molecule has 29 heavy (non-hydrogen) atoms. The van der Waals surface area contributed by atoms with Gasteiger partial charge < -0.3 is 4.90 Å². The number of amides is 1. The number of para-hydroxylation sites is 2. The van der Waals surface area contributed by atoms with E-state index in [0.29, 0.717) is 5.95 Å². The number of carbonyl (C=O) groups is 1. The average Bonchev–Trinajstić information content (AvgIpc) is 2.79. The molecule has 0 unspecified atom stereocenters. The molecule has 2 aromatic heterocycles. The van der Waals surface area contributed by atoms with Crippen LogP contribution in [0.2, 0.25) is 0 Å². The smallest absolute Gasteiger partial charge is 0.229 e. The highest BCUT2D eigenvalue weighted by Crippen LogP contribution is 2.26. The van der Waals surface area contributed by atoms with E-state index in [1.807, 2.05) is 48.7 Å². The molecule has 0 bridgehead atoms. The summed E-state index contributed by atoms with van der Waals surface area (Å²) >= 11 is 0. The second-order valence-electron chi connectivity index (χ2n) is 7.39.